The second kappa shape index (κ2) is 18.0. The Morgan fingerprint density at radius 2 is 0.827 bits per heavy atom. The zero-order chi connectivity index (χ0) is 50.1. The number of anilines is 9. The van der Waals surface area contributed by atoms with Crippen LogP contribution in [0.4, 0.5) is 51.2 Å². The third-order valence-electron chi connectivity index (χ3n) is 15.6. The van der Waals surface area contributed by atoms with E-state index in [9.17, 15) is 0 Å². The predicted octanol–water partition coefficient (Wildman–Crippen LogP) is 14.1. The average molecular weight is 960 g/mol. The highest BCUT2D eigenvalue weighted by Gasteiger charge is 2.46. The first-order valence-electron chi connectivity index (χ1n) is 26.1. The van der Waals surface area contributed by atoms with Gasteiger partial charge in [-0.3, -0.25) is 0 Å². The molecule has 0 N–H and O–H groups in total. The summed E-state index contributed by atoms with van der Waals surface area (Å²) in [6.45, 7) is 6.56. The number of hydrogen-bond donors (Lipinski definition) is 0. The molecule has 354 valence electrons. The van der Waals surface area contributed by atoms with Gasteiger partial charge >= 0.3 is 0 Å². The van der Waals surface area contributed by atoms with E-state index in [1.54, 1.807) is 0 Å². The number of hydrogen-bond acceptors (Lipinski definition) is 4. The van der Waals surface area contributed by atoms with E-state index >= 15 is 0 Å². The third-order valence-corrected chi connectivity index (χ3v) is 15.6. The normalized spacial score (nSPS) is 12.7. The number of fused-ring (bicyclic) bond motifs is 6. The Morgan fingerprint density at radius 3 is 1.47 bits per heavy atom. The third kappa shape index (κ3) is 7.47. The number of ether oxygens (including phenoxy) is 1. The molecule has 4 nitrogen and oxygen atoms in total. The van der Waals surface area contributed by atoms with Crippen molar-refractivity contribution in [1.29, 1.82) is 0 Å². The van der Waals surface area contributed by atoms with Crippen molar-refractivity contribution in [2.45, 2.75) is 20.8 Å². The van der Waals surface area contributed by atoms with Gasteiger partial charge in [0.1, 0.15) is 11.5 Å². The number of para-hydroxylation sites is 4. The number of nitrogens with zero attached hydrogens (tertiary/aromatic N) is 3. The summed E-state index contributed by atoms with van der Waals surface area (Å²) in [5.41, 5.74) is 25.8. The molecule has 0 aliphatic carbocycles. The fourth-order valence-corrected chi connectivity index (χ4v) is 12.5. The maximum Gasteiger partial charge on any atom is 0.252 e. The second-order valence-corrected chi connectivity index (χ2v) is 20.2. The topological polar surface area (TPSA) is 19.0 Å². The first kappa shape index (κ1) is 44.5. The lowest BCUT2D eigenvalue weighted by Gasteiger charge is -2.45. The van der Waals surface area contributed by atoms with Gasteiger partial charge in [0.2, 0.25) is 0 Å². The van der Waals surface area contributed by atoms with E-state index in [1.807, 2.05) is 0 Å². The monoisotopic (exact) mass is 959 g/mol. The van der Waals surface area contributed by atoms with Crippen molar-refractivity contribution in [3.8, 4) is 33.8 Å². The second-order valence-electron chi connectivity index (χ2n) is 20.2. The predicted molar refractivity (Wildman–Crippen MR) is 318 cm³/mol. The maximum absolute atomic E-state index is 7.17. The Morgan fingerprint density at radius 1 is 0.320 bits per heavy atom. The Kier molecular flexibility index (Phi) is 10.7. The van der Waals surface area contributed by atoms with E-state index in [0.717, 1.165) is 73.8 Å². The van der Waals surface area contributed by atoms with E-state index in [0.29, 0.717) is 0 Å². The van der Waals surface area contributed by atoms with Gasteiger partial charge in [0.25, 0.3) is 13.4 Å². The zero-order valence-corrected chi connectivity index (χ0v) is 42.2. The lowest BCUT2D eigenvalue weighted by molar-refractivity contribution is 0.488. The first-order valence-corrected chi connectivity index (χ1v) is 26.1. The maximum atomic E-state index is 7.17. The quantitative estimate of drug-likeness (QED) is 0.141. The van der Waals surface area contributed by atoms with E-state index in [4.69, 9.17) is 4.74 Å². The zero-order valence-electron chi connectivity index (χ0n) is 42.2. The van der Waals surface area contributed by atoms with Crippen molar-refractivity contribution < 1.29 is 4.74 Å². The Hall–Kier alpha value is -9.25. The largest absolute Gasteiger partial charge is 0.458 e. The van der Waals surface area contributed by atoms with E-state index in [1.165, 1.54) is 60.6 Å². The van der Waals surface area contributed by atoms with Crippen LogP contribution in [0.15, 0.2) is 255 Å². The average Bonchev–Trinajstić information content (AvgIpc) is 3.50. The molecule has 75 heavy (non-hydrogen) atoms. The minimum atomic E-state index is -0.155. The lowest BCUT2D eigenvalue weighted by Crippen LogP contribution is -2.63. The van der Waals surface area contributed by atoms with Gasteiger partial charge in [-0.25, -0.2) is 0 Å². The van der Waals surface area contributed by atoms with Gasteiger partial charge in [-0.15, -0.1) is 0 Å². The molecule has 0 atom stereocenters. The van der Waals surface area contributed by atoms with Crippen LogP contribution in [-0.2, 0) is 0 Å². The molecule has 0 saturated heterocycles. The van der Waals surface area contributed by atoms with Crippen LogP contribution >= 0.6 is 0 Å². The van der Waals surface area contributed by atoms with Gasteiger partial charge in [0, 0.05) is 51.6 Å². The van der Waals surface area contributed by atoms with Gasteiger partial charge in [-0.1, -0.05) is 198 Å². The molecule has 11 aromatic carbocycles. The number of benzene rings is 11. The molecular formula is C69H51B2N3O. The SMILES string of the molecule is Cc1cc(C)c(B2c3ccccc3Oc3cc4c(cc32)B2c3ccc(-c5ccccc5)cc3N(c3cccc(-c5ccccc5)c3)c3cc(N(c5ccccc5)c5ccccc5)cc(c32)N4c2ccccc2)c(C)c1. The summed E-state index contributed by atoms with van der Waals surface area (Å²) in [4.78, 5) is 7.46. The van der Waals surface area contributed by atoms with Crippen LogP contribution < -0.4 is 52.2 Å². The summed E-state index contributed by atoms with van der Waals surface area (Å²) >= 11 is 0. The van der Waals surface area contributed by atoms with Gasteiger partial charge in [0.15, 0.2) is 0 Å². The summed E-state index contributed by atoms with van der Waals surface area (Å²) in [5.74, 6) is 1.77. The Labute approximate surface area is 440 Å². The molecule has 6 heteroatoms. The van der Waals surface area contributed by atoms with Crippen molar-refractivity contribution in [2.24, 2.45) is 0 Å². The van der Waals surface area contributed by atoms with Crippen molar-refractivity contribution in [2.75, 3.05) is 14.7 Å². The number of rotatable bonds is 8. The molecule has 0 radical (unpaired) electrons. The minimum Gasteiger partial charge on any atom is -0.458 e. The highest BCUT2D eigenvalue weighted by Crippen LogP contribution is 2.49. The Bertz CT molecular complexity index is 3920. The fraction of sp³-hybridized carbons (Fsp3) is 0.0435. The summed E-state index contributed by atoms with van der Waals surface area (Å²) in [6.07, 6.45) is 0. The Balaban J connectivity index is 1.11. The van der Waals surface area contributed by atoms with Gasteiger partial charge in [0.05, 0.1) is 5.69 Å². The molecule has 0 fully saturated rings. The molecule has 0 spiro atoms. The van der Waals surface area contributed by atoms with Crippen LogP contribution in [0.5, 0.6) is 11.5 Å². The van der Waals surface area contributed by atoms with Crippen LogP contribution in [0.3, 0.4) is 0 Å². The van der Waals surface area contributed by atoms with Crippen LogP contribution in [0.1, 0.15) is 16.7 Å². The fourth-order valence-electron chi connectivity index (χ4n) is 12.5. The summed E-state index contributed by atoms with van der Waals surface area (Å²) in [7, 11) is 0. The van der Waals surface area contributed by atoms with E-state index in [2.05, 4.69) is 290 Å². The molecule has 3 aliphatic heterocycles. The molecule has 14 rings (SSSR count). The van der Waals surface area contributed by atoms with Crippen molar-refractivity contribution in [3.05, 3.63) is 271 Å². The highest BCUT2D eigenvalue weighted by atomic mass is 16.5. The molecule has 0 unspecified atom stereocenters. The van der Waals surface area contributed by atoms with Crippen LogP contribution in [0.25, 0.3) is 22.3 Å². The molecule has 0 saturated carbocycles. The van der Waals surface area contributed by atoms with Crippen molar-refractivity contribution in [3.63, 3.8) is 0 Å². The standard InChI is InChI=1S/C69H51B2N3O/c1-46-38-47(2)68(48(3)39-46)71-59-34-19-20-35-66(59)75-67-45-63-60(44-61(67)71)70-58-37-36-52(50-24-11-5-12-25-50)41-62(58)74(56-33-21-26-51(40-56)49-22-9-4-10-23-49)65-43-57(42-64(69(65)70)73(63)55-31-17-8-18-32-55)72(53-27-13-6-14-28-53)54-29-15-7-16-30-54/h4-45H,1-3H3. The molecule has 0 bridgehead atoms. The van der Waals surface area contributed by atoms with E-state index in [-0.39, 0.29) is 13.4 Å². The molecule has 3 heterocycles. The first-order chi connectivity index (χ1) is 36.9. The molecule has 0 amide bonds. The van der Waals surface area contributed by atoms with Crippen LogP contribution in [-0.4, -0.2) is 13.4 Å². The minimum absolute atomic E-state index is 0.0460. The van der Waals surface area contributed by atoms with Gasteiger partial charge in [-0.05, 0) is 143 Å². The number of aryl methyl sites for hydroxylation is 3. The van der Waals surface area contributed by atoms with Crippen LogP contribution in [0, 0.1) is 20.8 Å². The molecular weight excluding hydrogens is 908 g/mol. The van der Waals surface area contributed by atoms with Crippen LogP contribution in [0.2, 0.25) is 0 Å². The smallest absolute Gasteiger partial charge is 0.252 e. The van der Waals surface area contributed by atoms with Gasteiger partial charge < -0.3 is 19.4 Å². The molecule has 0 aromatic heterocycles. The van der Waals surface area contributed by atoms with Gasteiger partial charge in [-0.2, -0.15) is 0 Å². The van der Waals surface area contributed by atoms with Crippen molar-refractivity contribution >= 4 is 97.4 Å². The summed E-state index contributed by atoms with van der Waals surface area (Å²) in [6, 6.07) is 93.4. The van der Waals surface area contributed by atoms with E-state index < -0.39 is 0 Å². The molecule has 11 aromatic rings. The van der Waals surface area contributed by atoms with Crippen molar-refractivity contribution in [1.82, 2.24) is 0 Å². The molecule has 3 aliphatic rings. The lowest BCUT2D eigenvalue weighted by atomic mass is 9.30. The summed E-state index contributed by atoms with van der Waals surface area (Å²) in [5, 5.41) is 0. The summed E-state index contributed by atoms with van der Waals surface area (Å²) < 4.78 is 7.17. The highest BCUT2D eigenvalue weighted by molar-refractivity contribution is 7.02.